The van der Waals surface area contributed by atoms with Gasteiger partial charge in [-0.3, -0.25) is 4.99 Å². The largest absolute Gasteiger partial charge is 0.497 e. The van der Waals surface area contributed by atoms with Crippen LogP contribution in [0.2, 0.25) is 0 Å². The Morgan fingerprint density at radius 2 is 1.91 bits per heavy atom. The molecule has 0 radical (unpaired) electrons. The van der Waals surface area contributed by atoms with Crippen LogP contribution in [0.25, 0.3) is 0 Å². The zero-order valence-corrected chi connectivity index (χ0v) is 14.0. The third-order valence-electron chi connectivity index (χ3n) is 3.72. The summed E-state index contributed by atoms with van der Waals surface area (Å²) in [6.07, 6.45) is 0.914. The lowest BCUT2D eigenvalue weighted by Gasteiger charge is -2.18. The molecule has 2 aromatic carbocycles. The van der Waals surface area contributed by atoms with Crippen LogP contribution < -0.4 is 15.4 Å². The number of rotatable bonds is 6. The molecule has 0 aromatic heterocycles. The Balaban J connectivity index is 1.83. The van der Waals surface area contributed by atoms with Gasteiger partial charge in [0.2, 0.25) is 0 Å². The molecule has 4 heteroatoms. The zero-order chi connectivity index (χ0) is 16.5. The maximum atomic E-state index is 5.25. The van der Waals surface area contributed by atoms with Gasteiger partial charge in [-0.1, -0.05) is 42.5 Å². The summed E-state index contributed by atoms with van der Waals surface area (Å²) in [4.78, 5) is 4.29. The van der Waals surface area contributed by atoms with E-state index in [2.05, 4.69) is 46.8 Å². The van der Waals surface area contributed by atoms with Gasteiger partial charge in [-0.15, -0.1) is 0 Å². The number of hydrogen-bond donors (Lipinski definition) is 2. The van der Waals surface area contributed by atoms with E-state index in [9.17, 15) is 0 Å². The van der Waals surface area contributed by atoms with E-state index >= 15 is 0 Å². The molecule has 0 aliphatic heterocycles. The van der Waals surface area contributed by atoms with Crippen molar-refractivity contribution >= 4 is 5.96 Å². The van der Waals surface area contributed by atoms with Crippen molar-refractivity contribution in [1.29, 1.82) is 0 Å². The van der Waals surface area contributed by atoms with Gasteiger partial charge in [0.25, 0.3) is 0 Å². The van der Waals surface area contributed by atoms with Gasteiger partial charge in [0.1, 0.15) is 5.75 Å². The van der Waals surface area contributed by atoms with Crippen molar-refractivity contribution in [2.75, 3.05) is 20.7 Å². The van der Waals surface area contributed by atoms with Gasteiger partial charge in [0.15, 0.2) is 5.96 Å². The number of benzene rings is 2. The van der Waals surface area contributed by atoms with Crippen LogP contribution in [0, 0.1) is 0 Å². The Morgan fingerprint density at radius 1 is 1.13 bits per heavy atom. The number of nitrogens with one attached hydrogen (secondary N) is 2. The molecule has 0 spiro atoms. The van der Waals surface area contributed by atoms with Gasteiger partial charge in [0, 0.05) is 13.6 Å². The first kappa shape index (κ1) is 16.9. The van der Waals surface area contributed by atoms with Gasteiger partial charge in [-0.05, 0) is 36.6 Å². The summed E-state index contributed by atoms with van der Waals surface area (Å²) >= 11 is 0. The van der Waals surface area contributed by atoms with E-state index in [-0.39, 0.29) is 6.04 Å². The highest BCUT2D eigenvalue weighted by Gasteiger charge is 2.06. The lowest BCUT2D eigenvalue weighted by Crippen LogP contribution is -2.39. The minimum atomic E-state index is 0.208. The topological polar surface area (TPSA) is 45.7 Å². The summed E-state index contributed by atoms with van der Waals surface area (Å²) in [5.41, 5.74) is 2.48. The quantitative estimate of drug-likeness (QED) is 0.636. The molecule has 0 saturated heterocycles. The lowest BCUT2D eigenvalue weighted by molar-refractivity contribution is 0.414. The van der Waals surface area contributed by atoms with E-state index in [0.717, 1.165) is 24.7 Å². The Bertz CT molecular complexity index is 626. The SMILES string of the molecule is CN=C(NCCc1cccc(OC)c1)NC(C)c1ccccc1. The minimum Gasteiger partial charge on any atom is -0.497 e. The molecule has 23 heavy (non-hydrogen) atoms. The van der Waals surface area contributed by atoms with Gasteiger partial charge in [-0.2, -0.15) is 0 Å². The van der Waals surface area contributed by atoms with Crippen molar-refractivity contribution in [2.45, 2.75) is 19.4 Å². The van der Waals surface area contributed by atoms with E-state index in [4.69, 9.17) is 4.74 Å². The van der Waals surface area contributed by atoms with Crippen molar-refractivity contribution in [3.63, 3.8) is 0 Å². The van der Waals surface area contributed by atoms with E-state index in [1.807, 2.05) is 30.3 Å². The molecule has 1 unspecified atom stereocenters. The van der Waals surface area contributed by atoms with Crippen LogP contribution in [-0.2, 0) is 6.42 Å². The van der Waals surface area contributed by atoms with Crippen molar-refractivity contribution < 1.29 is 4.74 Å². The number of methoxy groups -OCH3 is 1. The molecule has 0 heterocycles. The molecule has 0 aliphatic rings. The molecule has 2 N–H and O–H groups in total. The van der Waals surface area contributed by atoms with Gasteiger partial charge >= 0.3 is 0 Å². The molecular formula is C19H25N3O. The van der Waals surface area contributed by atoms with E-state index in [1.54, 1.807) is 14.2 Å². The first-order valence-corrected chi connectivity index (χ1v) is 7.88. The maximum Gasteiger partial charge on any atom is 0.191 e. The van der Waals surface area contributed by atoms with Crippen molar-refractivity contribution in [2.24, 2.45) is 4.99 Å². The summed E-state index contributed by atoms with van der Waals surface area (Å²) < 4.78 is 5.25. The first-order valence-electron chi connectivity index (χ1n) is 7.88. The second-order valence-electron chi connectivity index (χ2n) is 5.38. The Labute approximate surface area is 138 Å². The highest BCUT2D eigenvalue weighted by molar-refractivity contribution is 5.80. The molecule has 122 valence electrons. The summed E-state index contributed by atoms with van der Waals surface area (Å²) in [7, 11) is 3.48. The number of nitrogens with zero attached hydrogens (tertiary/aromatic N) is 1. The smallest absolute Gasteiger partial charge is 0.191 e. The van der Waals surface area contributed by atoms with E-state index in [0.29, 0.717) is 0 Å². The standard InChI is InChI=1S/C19H25N3O/c1-15(17-9-5-4-6-10-17)22-19(20-2)21-13-12-16-8-7-11-18(14-16)23-3/h4-11,14-15H,12-13H2,1-3H3,(H2,20,21,22). The highest BCUT2D eigenvalue weighted by atomic mass is 16.5. The zero-order valence-electron chi connectivity index (χ0n) is 14.0. The van der Waals surface area contributed by atoms with Crippen LogP contribution in [0.15, 0.2) is 59.6 Å². The van der Waals surface area contributed by atoms with Crippen LogP contribution in [0.5, 0.6) is 5.75 Å². The second kappa shape index (κ2) is 8.83. The summed E-state index contributed by atoms with van der Waals surface area (Å²) in [5, 5.41) is 6.76. The fraction of sp³-hybridized carbons (Fsp3) is 0.316. The number of guanidine groups is 1. The molecule has 0 aliphatic carbocycles. The Morgan fingerprint density at radius 3 is 2.61 bits per heavy atom. The molecule has 0 fully saturated rings. The Hall–Kier alpha value is -2.49. The summed E-state index contributed by atoms with van der Waals surface area (Å²) in [5.74, 6) is 1.70. The van der Waals surface area contributed by atoms with Crippen molar-refractivity contribution in [3.05, 3.63) is 65.7 Å². The molecule has 0 amide bonds. The van der Waals surface area contributed by atoms with Crippen LogP contribution in [0.3, 0.4) is 0 Å². The maximum absolute atomic E-state index is 5.25. The highest BCUT2D eigenvalue weighted by Crippen LogP contribution is 2.13. The average molecular weight is 311 g/mol. The molecule has 0 saturated carbocycles. The third kappa shape index (κ3) is 5.33. The van der Waals surface area contributed by atoms with E-state index in [1.165, 1.54) is 11.1 Å². The fourth-order valence-electron chi connectivity index (χ4n) is 2.38. The number of ether oxygens (including phenoxy) is 1. The first-order chi connectivity index (χ1) is 11.2. The molecular weight excluding hydrogens is 286 g/mol. The van der Waals surface area contributed by atoms with Gasteiger partial charge < -0.3 is 15.4 Å². The van der Waals surface area contributed by atoms with Gasteiger partial charge in [0.05, 0.1) is 13.2 Å². The molecule has 4 nitrogen and oxygen atoms in total. The predicted octanol–water partition coefficient (Wildman–Crippen LogP) is 3.16. The normalized spacial score (nSPS) is 12.6. The molecule has 0 bridgehead atoms. The third-order valence-corrected chi connectivity index (χ3v) is 3.72. The molecule has 2 aromatic rings. The lowest BCUT2D eigenvalue weighted by atomic mass is 10.1. The predicted molar refractivity (Wildman–Crippen MR) is 96.1 cm³/mol. The van der Waals surface area contributed by atoms with Crippen molar-refractivity contribution in [3.8, 4) is 5.75 Å². The summed E-state index contributed by atoms with van der Waals surface area (Å²) in [6, 6.07) is 18.7. The van der Waals surface area contributed by atoms with E-state index < -0.39 is 0 Å². The minimum absolute atomic E-state index is 0.208. The van der Waals surface area contributed by atoms with Gasteiger partial charge in [-0.25, -0.2) is 0 Å². The average Bonchev–Trinajstić information content (AvgIpc) is 2.61. The van der Waals surface area contributed by atoms with Crippen LogP contribution in [0.1, 0.15) is 24.1 Å². The van der Waals surface area contributed by atoms with Crippen LogP contribution in [0.4, 0.5) is 0 Å². The number of hydrogen-bond acceptors (Lipinski definition) is 2. The fourth-order valence-corrected chi connectivity index (χ4v) is 2.38. The number of aliphatic imine (C=N–C) groups is 1. The van der Waals surface area contributed by atoms with Crippen LogP contribution in [-0.4, -0.2) is 26.7 Å². The molecule has 2 rings (SSSR count). The molecule has 1 atom stereocenters. The van der Waals surface area contributed by atoms with Crippen LogP contribution >= 0.6 is 0 Å². The monoisotopic (exact) mass is 311 g/mol. The second-order valence-corrected chi connectivity index (χ2v) is 5.38. The van der Waals surface area contributed by atoms with Crippen molar-refractivity contribution in [1.82, 2.24) is 10.6 Å². The summed E-state index contributed by atoms with van der Waals surface area (Å²) in [6.45, 7) is 2.94. The Kier molecular flexibility index (Phi) is 6.48.